The van der Waals surface area contributed by atoms with Gasteiger partial charge in [-0.05, 0) is 6.92 Å². The third-order valence-corrected chi connectivity index (χ3v) is 5.55. The molecule has 0 bridgehead atoms. The van der Waals surface area contributed by atoms with Crippen LogP contribution in [0.25, 0.3) is 0 Å². The van der Waals surface area contributed by atoms with E-state index in [4.69, 9.17) is 10.5 Å². The first-order valence-electron chi connectivity index (χ1n) is 8.82. The van der Waals surface area contributed by atoms with E-state index in [1.165, 1.54) is 0 Å². The minimum absolute atomic E-state index is 0.618. The van der Waals surface area contributed by atoms with Gasteiger partial charge < -0.3 is 30.3 Å². The summed E-state index contributed by atoms with van der Waals surface area (Å²) in [6, 6.07) is 0. The van der Waals surface area contributed by atoms with Crippen LogP contribution in [0.1, 0.15) is 20.8 Å². The van der Waals surface area contributed by atoms with Crippen LogP contribution >= 0.6 is 0 Å². The number of Topliss-reactive ketones (excluding diaryl/α,β-unsaturated/α-hetero) is 2. The number of carbonyl (C=O) groups excluding carboxylic acids is 4. The molecule has 3 aliphatic rings. The third-order valence-electron chi connectivity index (χ3n) is 5.55. The van der Waals surface area contributed by atoms with Gasteiger partial charge in [0.25, 0.3) is 5.91 Å². The van der Waals surface area contributed by atoms with Crippen LogP contribution in [0.2, 0.25) is 0 Å². The number of hydrogen-bond acceptors (Lipinski definition) is 11. The second-order valence-electron chi connectivity index (χ2n) is 7.28. The number of ether oxygens (including phenoxy) is 1. The van der Waals surface area contributed by atoms with Crippen molar-refractivity contribution in [3.05, 3.63) is 0 Å². The molecule has 2 saturated heterocycles. The summed E-state index contributed by atoms with van der Waals surface area (Å²) < 4.78 is 5.46. The van der Waals surface area contributed by atoms with Gasteiger partial charge in [0.05, 0.1) is 12.9 Å². The van der Waals surface area contributed by atoms with Crippen molar-refractivity contribution < 1.29 is 39.2 Å². The number of fused-ring (bicyclic) bond motifs is 1. The van der Waals surface area contributed by atoms with Gasteiger partial charge in [-0.1, -0.05) is 0 Å². The quantitative estimate of drug-likeness (QED) is 0.281. The van der Waals surface area contributed by atoms with Crippen molar-refractivity contribution in [2.45, 2.75) is 62.8 Å². The number of nitrogens with one attached hydrogen (secondary N) is 1. The van der Waals surface area contributed by atoms with Crippen molar-refractivity contribution >= 4 is 29.7 Å². The van der Waals surface area contributed by atoms with Crippen LogP contribution in [-0.2, 0) is 23.9 Å². The fourth-order valence-corrected chi connectivity index (χ4v) is 3.96. The highest BCUT2D eigenvalue weighted by Crippen LogP contribution is 2.40. The lowest BCUT2D eigenvalue weighted by atomic mass is 9.85. The van der Waals surface area contributed by atoms with E-state index in [0.29, 0.717) is 0 Å². The molecule has 6 N–H and O–H groups in total. The second-order valence-corrected chi connectivity index (χ2v) is 7.28. The molecular weight excluding hydrogens is 390 g/mol. The molecule has 13 nitrogen and oxygen atoms in total. The van der Waals surface area contributed by atoms with Crippen molar-refractivity contribution in [2.24, 2.45) is 10.7 Å². The molecule has 0 aliphatic carbocycles. The Hall–Kier alpha value is -2.45. The van der Waals surface area contributed by atoms with Crippen LogP contribution < -0.4 is 11.1 Å². The van der Waals surface area contributed by atoms with E-state index in [0.717, 1.165) is 36.9 Å². The zero-order valence-electron chi connectivity index (χ0n) is 16.0. The summed E-state index contributed by atoms with van der Waals surface area (Å²) in [6.07, 6.45) is -6.14. The van der Waals surface area contributed by atoms with Crippen molar-refractivity contribution in [1.82, 2.24) is 15.1 Å². The van der Waals surface area contributed by atoms with Gasteiger partial charge in [-0.3, -0.25) is 29.8 Å². The summed E-state index contributed by atoms with van der Waals surface area (Å²) in [5.41, 5.74) is 3.89. The smallest absolute Gasteiger partial charge is 0.263 e. The Labute approximate surface area is 165 Å². The predicted molar refractivity (Wildman–Crippen MR) is 93.6 cm³/mol. The SMILES string of the molecule is CC(=O)N1C2N([C@@H]3O[C@H](CO)C(O)C3O)C=NC2(C(C)=O)C(=O)NC1(N)C(C)=O. The van der Waals surface area contributed by atoms with E-state index in [1.807, 2.05) is 0 Å². The standard InChI is InChI=1S/C16H23N5O8/c1-6(23)15-13(28)19-16(17,7(2)24)21(8(3)25)14(15)20(5-18-15)12-11(27)10(26)9(4-22)29-12/h5,9-12,14,22,26-27H,4,17H2,1-3H3,(H,19,28)/t9-,10?,11?,12-,14?,15?,16?/m1/s1. The maximum Gasteiger partial charge on any atom is 0.263 e. The number of rotatable bonds is 4. The average molecular weight is 413 g/mol. The normalized spacial score (nSPS) is 41.3. The maximum atomic E-state index is 12.9. The number of aliphatic hydroxyl groups is 3. The number of aliphatic imine (C=N–C) groups is 1. The summed E-state index contributed by atoms with van der Waals surface area (Å²) >= 11 is 0. The van der Waals surface area contributed by atoms with Crippen LogP contribution in [0.4, 0.5) is 0 Å². The molecule has 2 fully saturated rings. The first-order valence-corrected chi connectivity index (χ1v) is 8.82. The third kappa shape index (κ3) is 2.69. The monoisotopic (exact) mass is 413 g/mol. The fourth-order valence-electron chi connectivity index (χ4n) is 3.96. The van der Waals surface area contributed by atoms with E-state index in [2.05, 4.69) is 10.3 Å². The number of amides is 2. The molecule has 0 saturated carbocycles. The summed E-state index contributed by atoms with van der Waals surface area (Å²) in [7, 11) is 0. The van der Waals surface area contributed by atoms with Gasteiger partial charge in [0, 0.05) is 13.8 Å². The predicted octanol–water partition coefficient (Wildman–Crippen LogP) is -4.40. The average Bonchev–Trinajstić information content (AvgIpc) is 3.14. The fraction of sp³-hybridized carbons (Fsp3) is 0.688. The molecule has 3 rings (SSSR count). The van der Waals surface area contributed by atoms with Crippen molar-refractivity contribution in [1.29, 1.82) is 0 Å². The molecular formula is C16H23N5O8. The lowest BCUT2D eigenvalue weighted by Crippen LogP contribution is -2.86. The van der Waals surface area contributed by atoms with Gasteiger partial charge >= 0.3 is 0 Å². The molecule has 3 heterocycles. The molecule has 13 heteroatoms. The van der Waals surface area contributed by atoms with E-state index in [1.54, 1.807) is 0 Å². The van der Waals surface area contributed by atoms with E-state index in [-0.39, 0.29) is 0 Å². The highest BCUT2D eigenvalue weighted by molar-refractivity contribution is 6.15. The Balaban J connectivity index is 2.16. The Bertz CT molecular complexity index is 804. The van der Waals surface area contributed by atoms with E-state index < -0.39 is 72.0 Å². The van der Waals surface area contributed by atoms with Crippen LogP contribution in [0.15, 0.2) is 4.99 Å². The number of nitrogens with zero attached hydrogens (tertiary/aromatic N) is 3. The van der Waals surface area contributed by atoms with Crippen molar-refractivity contribution in [3.8, 4) is 0 Å². The summed E-state index contributed by atoms with van der Waals surface area (Å²) in [5, 5.41) is 32.0. The molecule has 5 unspecified atom stereocenters. The Morgan fingerprint density at radius 3 is 2.31 bits per heavy atom. The van der Waals surface area contributed by atoms with Crippen LogP contribution in [0.5, 0.6) is 0 Å². The lowest BCUT2D eigenvalue weighted by molar-refractivity contribution is -0.183. The first kappa shape index (κ1) is 21.3. The number of ketones is 2. The van der Waals surface area contributed by atoms with Crippen molar-refractivity contribution in [3.63, 3.8) is 0 Å². The van der Waals surface area contributed by atoms with Crippen LogP contribution in [0, 0.1) is 0 Å². The van der Waals surface area contributed by atoms with Crippen LogP contribution in [-0.4, -0.2) is 103 Å². The maximum absolute atomic E-state index is 12.9. The molecule has 0 spiro atoms. The molecule has 0 radical (unpaired) electrons. The minimum Gasteiger partial charge on any atom is -0.394 e. The van der Waals surface area contributed by atoms with Gasteiger partial charge in [-0.2, -0.15) is 0 Å². The molecule has 2 amide bonds. The van der Waals surface area contributed by atoms with Gasteiger partial charge in [0.15, 0.2) is 24.0 Å². The zero-order valence-corrected chi connectivity index (χ0v) is 16.0. The summed E-state index contributed by atoms with van der Waals surface area (Å²) in [4.78, 5) is 56.1. The number of nitrogens with two attached hydrogens (primary N) is 1. The lowest BCUT2D eigenvalue weighted by Gasteiger charge is -2.53. The van der Waals surface area contributed by atoms with Crippen LogP contribution in [0.3, 0.4) is 0 Å². The molecule has 160 valence electrons. The topological polar surface area (TPSA) is 195 Å². The Morgan fingerprint density at radius 1 is 1.24 bits per heavy atom. The highest BCUT2D eigenvalue weighted by atomic mass is 16.6. The summed E-state index contributed by atoms with van der Waals surface area (Å²) in [6.45, 7) is 2.61. The molecule has 7 atom stereocenters. The summed E-state index contributed by atoms with van der Waals surface area (Å²) in [5.74, 6) is -5.58. The number of hydrogen-bond donors (Lipinski definition) is 5. The second kappa shape index (κ2) is 6.81. The first-order chi connectivity index (χ1) is 13.4. The van der Waals surface area contributed by atoms with E-state index >= 15 is 0 Å². The zero-order chi connectivity index (χ0) is 21.9. The van der Waals surface area contributed by atoms with Gasteiger partial charge in [0.2, 0.25) is 17.2 Å². The Morgan fingerprint density at radius 2 is 1.86 bits per heavy atom. The van der Waals surface area contributed by atoms with E-state index in [9.17, 15) is 34.5 Å². The van der Waals surface area contributed by atoms with Gasteiger partial charge in [0.1, 0.15) is 18.3 Å². The molecule has 29 heavy (non-hydrogen) atoms. The largest absolute Gasteiger partial charge is 0.394 e. The number of aliphatic hydroxyl groups excluding tert-OH is 3. The van der Waals surface area contributed by atoms with Gasteiger partial charge in [-0.25, -0.2) is 4.99 Å². The number of carbonyl (C=O) groups is 4. The molecule has 0 aromatic rings. The minimum atomic E-state index is -2.28. The molecule has 0 aromatic heterocycles. The molecule has 0 aromatic carbocycles. The van der Waals surface area contributed by atoms with Crippen molar-refractivity contribution in [2.75, 3.05) is 6.61 Å². The highest BCUT2D eigenvalue weighted by Gasteiger charge is 2.69. The molecule has 3 aliphatic heterocycles. The van der Waals surface area contributed by atoms with Gasteiger partial charge in [-0.15, -0.1) is 0 Å². The Kier molecular flexibility index (Phi) is 4.99.